The summed E-state index contributed by atoms with van der Waals surface area (Å²) >= 11 is 0. The molecule has 0 aromatic heterocycles. The van der Waals surface area contributed by atoms with Gasteiger partial charge >= 0.3 is 13.3 Å². The smallest absolute Gasteiger partial charge is 0.399 e. The lowest BCUT2D eigenvalue weighted by molar-refractivity contribution is -0.298. The molecule has 1 aromatic carbocycles. The van der Waals surface area contributed by atoms with Crippen LogP contribution in [-0.2, 0) is 27.9 Å². The molecule has 0 bridgehead atoms. The number of alkyl halides is 2. The van der Waals surface area contributed by atoms with Gasteiger partial charge in [-0.3, -0.25) is 9.36 Å². The third-order valence-electron chi connectivity index (χ3n) is 4.15. The highest BCUT2D eigenvalue weighted by molar-refractivity contribution is 7.55. The molecule has 0 amide bonds. The molecule has 0 aliphatic rings. The second-order valence-electron chi connectivity index (χ2n) is 6.52. The van der Waals surface area contributed by atoms with Gasteiger partial charge in [0.1, 0.15) is 18.1 Å². The number of carboxylic acid groups (broad SMARTS) is 1. The summed E-state index contributed by atoms with van der Waals surface area (Å²) in [6, 6.07) is 4.46. The first kappa shape index (κ1) is 28.7. The van der Waals surface area contributed by atoms with Crippen LogP contribution in [0, 0.1) is 0 Å². The number of hydrogen-bond acceptors (Lipinski definition) is 9. The molecule has 0 fully saturated rings. The summed E-state index contributed by atoms with van der Waals surface area (Å²) in [6.45, 7) is 3.21. The SMILES string of the molecule is CCOP(=O)(OCC)C(F)(F)CCOCCOc1ccc(C=C(C(C)=O)C(=O)[O-])c(OC)c1. The van der Waals surface area contributed by atoms with Crippen molar-refractivity contribution in [2.75, 3.05) is 40.1 Å². The minimum atomic E-state index is -4.59. The summed E-state index contributed by atoms with van der Waals surface area (Å²) in [5.41, 5.74) is -3.88. The molecular weight excluding hydrogens is 465 g/mol. The van der Waals surface area contributed by atoms with Gasteiger partial charge in [-0.25, -0.2) is 0 Å². The maximum atomic E-state index is 14.2. The summed E-state index contributed by atoms with van der Waals surface area (Å²) in [7, 11) is -3.23. The van der Waals surface area contributed by atoms with E-state index in [1.807, 2.05) is 0 Å². The number of ether oxygens (including phenoxy) is 3. The number of ketones is 1. The normalized spacial score (nSPS) is 12.5. The van der Waals surface area contributed by atoms with Crippen LogP contribution in [0.15, 0.2) is 23.8 Å². The largest absolute Gasteiger partial charge is 0.545 e. The number of halogens is 2. The summed E-state index contributed by atoms with van der Waals surface area (Å²) in [4.78, 5) is 22.5. The molecule has 0 N–H and O–H groups in total. The second kappa shape index (κ2) is 13.4. The standard InChI is InChI=1S/C21H29F2O9P/c1-5-31-33(27,32-6-2)21(22,23)9-10-29-11-12-30-17-8-7-16(19(14-17)28-4)13-18(15(3)24)20(25)26/h7-8,13-14H,5-6,9-12H2,1-4H3,(H,25,26)/p-1. The van der Waals surface area contributed by atoms with Gasteiger partial charge in [0.25, 0.3) is 0 Å². The molecule has 0 unspecified atom stereocenters. The number of carbonyl (C=O) groups excluding carboxylic acids is 2. The van der Waals surface area contributed by atoms with E-state index in [0.29, 0.717) is 11.3 Å². The molecule has 0 aliphatic heterocycles. The highest BCUT2D eigenvalue weighted by Crippen LogP contribution is 2.63. The van der Waals surface area contributed by atoms with Crippen molar-refractivity contribution in [2.24, 2.45) is 0 Å². The summed E-state index contributed by atoms with van der Waals surface area (Å²) in [5.74, 6) is -1.69. The van der Waals surface area contributed by atoms with Crippen molar-refractivity contribution in [3.8, 4) is 11.5 Å². The van der Waals surface area contributed by atoms with E-state index in [4.69, 9.17) is 14.2 Å². The predicted molar refractivity (Wildman–Crippen MR) is 113 cm³/mol. The van der Waals surface area contributed by atoms with E-state index in [2.05, 4.69) is 9.05 Å². The van der Waals surface area contributed by atoms with Gasteiger partial charge in [-0.2, -0.15) is 8.78 Å². The number of carboxylic acids is 1. The maximum Gasteiger partial charge on any atom is 0.399 e. The summed E-state index contributed by atoms with van der Waals surface area (Å²) < 4.78 is 65.8. The number of hydrogen-bond donors (Lipinski definition) is 0. The Bertz CT molecular complexity index is 860. The molecule has 0 atom stereocenters. The van der Waals surface area contributed by atoms with E-state index in [1.165, 1.54) is 39.2 Å². The zero-order chi connectivity index (χ0) is 25.1. The zero-order valence-corrected chi connectivity index (χ0v) is 19.8. The van der Waals surface area contributed by atoms with Crippen LogP contribution in [0.1, 0.15) is 32.8 Å². The van der Waals surface area contributed by atoms with Crippen LogP contribution in [0.3, 0.4) is 0 Å². The second-order valence-corrected chi connectivity index (χ2v) is 8.68. The lowest BCUT2D eigenvalue weighted by Crippen LogP contribution is -2.27. The van der Waals surface area contributed by atoms with Crippen molar-refractivity contribution >= 4 is 25.4 Å². The number of methoxy groups -OCH3 is 1. The molecular formula is C21H28F2O9P-. The molecule has 33 heavy (non-hydrogen) atoms. The van der Waals surface area contributed by atoms with Crippen LogP contribution in [0.5, 0.6) is 11.5 Å². The minimum Gasteiger partial charge on any atom is -0.545 e. The predicted octanol–water partition coefficient (Wildman–Crippen LogP) is 3.06. The van der Waals surface area contributed by atoms with Crippen molar-refractivity contribution in [3.63, 3.8) is 0 Å². The maximum absolute atomic E-state index is 14.2. The number of Topliss-reactive ketones (excluding diaryl/α,β-unsaturated/α-hetero) is 1. The minimum absolute atomic E-state index is 0.0102. The Morgan fingerprint density at radius 2 is 1.76 bits per heavy atom. The highest BCUT2D eigenvalue weighted by atomic mass is 31.2. The van der Waals surface area contributed by atoms with E-state index < -0.39 is 43.6 Å². The molecule has 1 aromatic rings. The third kappa shape index (κ3) is 8.51. The molecule has 0 saturated carbocycles. The highest BCUT2D eigenvalue weighted by Gasteiger charge is 2.52. The van der Waals surface area contributed by atoms with Gasteiger partial charge in [-0.05, 0) is 39.0 Å². The molecule has 0 spiro atoms. The van der Waals surface area contributed by atoms with E-state index in [1.54, 1.807) is 0 Å². The van der Waals surface area contributed by atoms with Crippen molar-refractivity contribution < 1.29 is 51.3 Å². The Morgan fingerprint density at radius 3 is 2.27 bits per heavy atom. The molecule has 0 heterocycles. The van der Waals surface area contributed by atoms with E-state index >= 15 is 0 Å². The van der Waals surface area contributed by atoms with Gasteiger partial charge < -0.3 is 33.2 Å². The third-order valence-corrected chi connectivity index (χ3v) is 6.37. The molecule has 186 valence electrons. The average Bonchev–Trinajstić information content (AvgIpc) is 2.74. The van der Waals surface area contributed by atoms with E-state index in [-0.39, 0.29) is 32.2 Å². The fourth-order valence-electron chi connectivity index (χ4n) is 2.58. The van der Waals surface area contributed by atoms with Crippen LogP contribution in [0.2, 0.25) is 0 Å². The van der Waals surface area contributed by atoms with Gasteiger partial charge in [0, 0.05) is 23.6 Å². The summed E-state index contributed by atoms with van der Waals surface area (Å²) in [5, 5.41) is 11.1. The Morgan fingerprint density at radius 1 is 1.12 bits per heavy atom. The lowest BCUT2D eigenvalue weighted by Gasteiger charge is -2.25. The van der Waals surface area contributed by atoms with Crippen LogP contribution in [0.25, 0.3) is 6.08 Å². The Labute approximate surface area is 191 Å². The first-order valence-corrected chi connectivity index (χ1v) is 11.6. The fraction of sp³-hybridized carbons (Fsp3) is 0.524. The van der Waals surface area contributed by atoms with Crippen LogP contribution in [0.4, 0.5) is 8.78 Å². The van der Waals surface area contributed by atoms with E-state index in [9.17, 15) is 28.0 Å². The van der Waals surface area contributed by atoms with Crippen molar-refractivity contribution in [3.05, 3.63) is 29.3 Å². The lowest BCUT2D eigenvalue weighted by atomic mass is 10.1. The van der Waals surface area contributed by atoms with Crippen molar-refractivity contribution in [1.29, 1.82) is 0 Å². The van der Waals surface area contributed by atoms with Gasteiger partial charge in [0.05, 0.1) is 39.5 Å². The number of rotatable bonds is 16. The first-order chi connectivity index (χ1) is 15.5. The van der Waals surface area contributed by atoms with Crippen LogP contribution < -0.4 is 14.6 Å². The average molecular weight is 493 g/mol. The van der Waals surface area contributed by atoms with Gasteiger partial charge in [-0.1, -0.05) is 0 Å². The molecule has 9 nitrogen and oxygen atoms in total. The van der Waals surface area contributed by atoms with Crippen LogP contribution in [-0.4, -0.2) is 57.6 Å². The molecule has 0 saturated heterocycles. The van der Waals surface area contributed by atoms with Crippen molar-refractivity contribution in [1.82, 2.24) is 0 Å². The van der Waals surface area contributed by atoms with Gasteiger partial charge in [-0.15, -0.1) is 0 Å². The van der Waals surface area contributed by atoms with E-state index in [0.717, 1.165) is 13.0 Å². The molecule has 1 rings (SSSR count). The number of benzene rings is 1. The monoisotopic (exact) mass is 493 g/mol. The molecule has 0 aliphatic carbocycles. The number of carbonyl (C=O) groups is 2. The molecule has 0 radical (unpaired) electrons. The van der Waals surface area contributed by atoms with Gasteiger partial charge in [0.15, 0.2) is 5.78 Å². The topological polar surface area (TPSA) is 120 Å². The Hall–Kier alpha value is -2.33. The van der Waals surface area contributed by atoms with Gasteiger partial charge in [0.2, 0.25) is 0 Å². The van der Waals surface area contributed by atoms with Crippen molar-refractivity contribution in [2.45, 2.75) is 32.9 Å². The van der Waals surface area contributed by atoms with Crippen LogP contribution >= 0.6 is 7.60 Å². The molecule has 12 heteroatoms. The number of aliphatic carboxylic acids is 1. The Balaban J connectivity index is 2.63. The summed E-state index contributed by atoms with van der Waals surface area (Å²) in [6.07, 6.45) is 0.281. The fourth-order valence-corrected chi connectivity index (χ4v) is 4.08. The Kier molecular flexibility index (Phi) is 11.7. The zero-order valence-electron chi connectivity index (χ0n) is 18.9. The quantitative estimate of drug-likeness (QED) is 0.112. The first-order valence-electron chi connectivity index (χ1n) is 10.1.